The van der Waals surface area contributed by atoms with Gasteiger partial charge in [0, 0.05) is 5.69 Å². The molecule has 0 atom stereocenters. The molecule has 3 rings (SSSR count). The monoisotopic (exact) mass is 508 g/mol. The Labute approximate surface area is 188 Å². The van der Waals surface area contributed by atoms with Crippen LogP contribution in [0.25, 0.3) is 6.08 Å². The summed E-state index contributed by atoms with van der Waals surface area (Å²) in [6.45, 7) is -0.984. The average molecular weight is 509 g/mol. The number of thioether (sulfide) groups is 1. The number of halogens is 2. The van der Waals surface area contributed by atoms with E-state index < -0.39 is 35.4 Å². The molecule has 1 aliphatic heterocycles. The van der Waals surface area contributed by atoms with Crippen molar-refractivity contribution >= 4 is 62.5 Å². The summed E-state index contributed by atoms with van der Waals surface area (Å²) in [6.07, 6.45) is 1.46. The number of carbonyl (C=O) groups is 4. The van der Waals surface area contributed by atoms with Crippen molar-refractivity contribution in [2.45, 2.75) is 0 Å². The van der Waals surface area contributed by atoms with Gasteiger partial charge in [-0.25, -0.2) is 4.39 Å². The maximum absolute atomic E-state index is 12.9. The number of hydrogen-bond donors (Lipinski definition) is 2. The summed E-state index contributed by atoms with van der Waals surface area (Å²) >= 11 is 3.98. The van der Waals surface area contributed by atoms with Crippen LogP contribution >= 0.6 is 27.7 Å². The summed E-state index contributed by atoms with van der Waals surface area (Å²) in [6, 6.07) is 10.1. The highest BCUT2D eigenvalue weighted by Crippen LogP contribution is 2.33. The van der Waals surface area contributed by atoms with E-state index in [1.807, 2.05) is 0 Å². The minimum atomic E-state index is -1.28. The van der Waals surface area contributed by atoms with Crippen molar-refractivity contribution in [3.05, 3.63) is 63.2 Å². The van der Waals surface area contributed by atoms with Gasteiger partial charge in [0.1, 0.15) is 18.1 Å². The molecule has 160 valence electrons. The van der Waals surface area contributed by atoms with Crippen molar-refractivity contribution in [1.82, 2.24) is 4.90 Å². The summed E-state index contributed by atoms with van der Waals surface area (Å²) in [5.41, 5.74) is 0.997. The van der Waals surface area contributed by atoms with Crippen LogP contribution in [0.5, 0.6) is 5.75 Å². The van der Waals surface area contributed by atoms with E-state index in [0.717, 1.165) is 0 Å². The number of rotatable bonds is 7. The van der Waals surface area contributed by atoms with Crippen LogP contribution in [0.3, 0.4) is 0 Å². The van der Waals surface area contributed by atoms with Gasteiger partial charge in [0.05, 0.1) is 9.38 Å². The number of ether oxygens (including phenoxy) is 1. The molecule has 0 radical (unpaired) electrons. The van der Waals surface area contributed by atoms with Crippen LogP contribution in [-0.2, 0) is 14.4 Å². The van der Waals surface area contributed by atoms with Gasteiger partial charge in [0.2, 0.25) is 0 Å². The van der Waals surface area contributed by atoms with Gasteiger partial charge in [-0.2, -0.15) is 0 Å². The number of carboxylic acids is 1. The predicted molar refractivity (Wildman–Crippen MR) is 115 cm³/mol. The minimum Gasteiger partial charge on any atom is -0.483 e. The molecule has 2 aromatic carbocycles. The molecule has 0 spiro atoms. The third-order valence-corrected chi connectivity index (χ3v) is 5.43. The smallest absolute Gasteiger partial charge is 0.323 e. The van der Waals surface area contributed by atoms with Crippen LogP contribution < -0.4 is 10.1 Å². The molecule has 2 aromatic rings. The molecule has 1 aliphatic rings. The first-order chi connectivity index (χ1) is 14.7. The van der Waals surface area contributed by atoms with Crippen LogP contribution in [-0.4, -0.2) is 46.2 Å². The van der Waals surface area contributed by atoms with E-state index in [2.05, 4.69) is 21.2 Å². The van der Waals surface area contributed by atoms with Gasteiger partial charge in [-0.15, -0.1) is 0 Å². The number of benzene rings is 2. The summed E-state index contributed by atoms with van der Waals surface area (Å²) in [5, 5.41) is 10.7. The zero-order valence-electron chi connectivity index (χ0n) is 15.6. The number of hydrogen-bond acceptors (Lipinski definition) is 6. The zero-order chi connectivity index (χ0) is 22.5. The van der Waals surface area contributed by atoms with Crippen LogP contribution in [0.15, 0.2) is 51.8 Å². The molecule has 3 amide bonds. The van der Waals surface area contributed by atoms with E-state index in [-0.39, 0.29) is 11.5 Å². The number of carbonyl (C=O) groups excluding carboxylic acids is 3. The highest BCUT2D eigenvalue weighted by atomic mass is 79.9. The molecule has 1 fully saturated rings. The van der Waals surface area contributed by atoms with Crippen molar-refractivity contribution in [1.29, 1.82) is 0 Å². The third kappa shape index (κ3) is 5.92. The fourth-order valence-electron chi connectivity index (χ4n) is 2.52. The van der Waals surface area contributed by atoms with Gasteiger partial charge >= 0.3 is 5.97 Å². The predicted octanol–water partition coefficient (Wildman–Crippen LogP) is 3.73. The van der Waals surface area contributed by atoms with E-state index >= 15 is 0 Å². The molecule has 1 heterocycles. The molecule has 0 bridgehead atoms. The molecule has 8 nitrogen and oxygen atoms in total. The van der Waals surface area contributed by atoms with E-state index in [1.54, 1.807) is 18.2 Å². The molecular formula is C20H14BrFN2O6S. The minimum absolute atomic E-state index is 0.102. The molecule has 31 heavy (non-hydrogen) atoms. The van der Waals surface area contributed by atoms with Gasteiger partial charge in [-0.3, -0.25) is 24.1 Å². The lowest BCUT2D eigenvalue weighted by molar-refractivity contribution is -0.140. The van der Waals surface area contributed by atoms with Crippen molar-refractivity contribution in [2.24, 2.45) is 0 Å². The quantitative estimate of drug-likeness (QED) is 0.547. The molecule has 2 N–H and O–H groups in total. The Morgan fingerprint density at radius 3 is 2.55 bits per heavy atom. The second kappa shape index (κ2) is 9.75. The van der Waals surface area contributed by atoms with Crippen molar-refractivity contribution in [3.63, 3.8) is 0 Å². The first-order valence-electron chi connectivity index (χ1n) is 8.68. The molecule has 0 aliphatic carbocycles. The Kier molecular flexibility index (Phi) is 7.08. The normalized spacial score (nSPS) is 14.8. The first-order valence-corrected chi connectivity index (χ1v) is 10.3. The number of anilines is 1. The molecule has 0 aromatic heterocycles. The second-order valence-corrected chi connectivity index (χ2v) is 8.04. The Morgan fingerprint density at radius 1 is 1.19 bits per heavy atom. The van der Waals surface area contributed by atoms with E-state index in [4.69, 9.17) is 9.84 Å². The van der Waals surface area contributed by atoms with Crippen molar-refractivity contribution in [2.75, 3.05) is 18.5 Å². The number of amides is 3. The summed E-state index contributed by atoms with van der Waals surface area (Å²) in [4.78, 5) is 47.5. The van der Waals surface area contributed by atoms with Crippen molar-refractivity contribution in [3.8, 4) is 5.75 Å². The second-order valence-electron chi connectivity index (χ2n) is 6.20. The number of nitrogens with zero attached hydrogens (tertiary/aromatic N) is 1. The Balaban J connectivity index is 1.62. The van der Waals surface area contributed by atoms with Gasteiger partial charge in [0.15, 0.2) is 6.61 Å². The maximum atomic E-state index is 12.9. The van der Waals surface area contributed by atoms with Crippen LogP contribution in [0.4, 0.5) is 14.9 Å². The fourth-order valence-corrected chi connectivity index (χ4v) is 3.87. The summed E-state index contributed by atoms with van der Waals surface area (Å²) < 4.78 is 18.9. The van der Waals surface area contributed by atoms with Gasteiger partial charge in [-0.1, -0.05) is 6.07 Å². The molecule has 0 unspecified atom stereocenters. The lowest BCUT2D eigenvalue weighted by Crippen LogP contribution is -2.33. The Morgan fingerprint density at radius 2 is 1.90 bits per heavy atom. The van der Waals surface area contributed by atoms with Crippen molar-refractivity contribution < 1.29 is 33.4 Å². The zero-order valence-corrected chi connectivity index (χ0v) is 18.0. The van der Waals surface area contributed by atoms with E-state index in [9.17, 15) is 23.6 Å². The Bertz CT molecular complexity index is 1090. The lowest BCUT2D eigenvalue weighted by Gasteiger charge is -2.10. The summed E-state index contributed by atoms with van der Waals surface area (Å²) in [7, 11) is 0. The van der Waals surface area contributed by atoms with Gasteiger partial charge < -0.3 is 15.2 Å². The van der Waals surface area contributed by atoms with Gasteiger partial charge in [0.25, 0.3) is 17.1 Å². The first kappa shape index (κ1) is 22.5. The highest BCUT2D eigenvalue weighted by molar-refractivity contribution is 9.10. The lowest BCUT2D eigenvalue weighted by atomic mass is 10.2. The number of carboxylic acid groups (broad SMARTS) is 1. The van der Waals surface area contributed by atoms with E-state index in [0.29, 0.717) is 38.1 Å². The number of aliphatic carboxylic acids is 1. The summed E-state index contributed by atoms with van der Waals surface area (Å²) in [5.74, 6) is -2.44. The third-order valence-electron chi connectivity index (χ3n) is 3.91. The number of imide groups is 1. The van der Waals surface area contributed by atoms with Crippen LogP contribution in [0.1, 0.15) is 5.56 Å². The maximum Gasteiger partial charge on any atom is 0.323 e. The standard InChI is InChI=1S/C20H14BrFN2O6S/c21-14-7-11(8-16-19(28)24(9-18(26)27)20(29)31-16)1-6-15(14)30-10-17(25)23-13-4-2-12(22)3-5-13/h1-8H,9-10H2,(H,23,25)(H,26,27)/b16-8+. The molecule has 0 saturated carbocycles. The van der Waals surface area contributed by atoms with Gasteiger partial charge in [-0.05, 0) is 75.7 Å². The molecule has 11 heteroatoms. The topological polar surface area (TPSA) is 113 Å². The fraction of sp³-hybridized carbons (Fsp3) is 0.100. The molecular weight excluding hydrogens is 495 g/mol. The van der Waals surface area contributed by atoms with Crippen LogP contribution in [0, 0.1) is 5.82 Å². The number of nitrogens with one attached hydrogen (secondary N) is 1. The van der Waals surface area contributed by atoms with E-state index in [1.165, 1.54) is 30.3 Å². The largest absolute Gasteiger partial charge is 0.483 e. The highest BCUT2D eigenvalue weighted by Gasteiger charge is 2.36. The average Bonchev–Trinajstić information content (AvgIpc) is 2.96. The SMILES string of the molecule is O=C(O)CN1C(=O)S/C(=C/c2ccc(OCC(=O)Nc3ccc(F)cc3)c(Br)c2)C1=O. The van der Waals surface area contributed by atoms with Crippen LogP contribution in [0.2, 0.25) is 0 Å². The molecule has 1 saturated heterocycles. The Hall–Kier alpha value is -3.18.